The first-order chi connectivity index (χ1) is 25.7. The van der Waals surface area contributed by atoms with Crippen LogP contribution in [0.3, 0.4) is 0 Å². The number of benzene rings is 6. The van der Waals surface area contributed by atoms with Gasteiger partial charge in [0.15, 0.2) is 0 Å². The van der Waals surface area contributed by atoms with E-state index in [1.165, 1.54) is 0 Å². The number of hydrogen-bond donors (Lipinski definition) is 0. The smallest absolute Gasteiger partial charge is 0.335 e. The molecular formula is C45H32O8. The number of fused-ring (bicyclic) bond motifs is 2. The van der Waals surface area contributed by atoms with E-state index in [9.17, 15) is 19.2 Å². The highest BCUT2D eigenvalue weighted by atomic mass is 16.5. The van der Waals surface area contributed by atoms with E-state index in [0.29, 0.717) is 21.9 Å². The molecule has 8 nitrogen and oxygen atoms in total. The molecule has 53 heavy (non-hydrogen) atoms. The molecule has 0 saturated heterocycles. The highest BCUT2D eigenvalue weighted by Gasteiger charge is 2.25. The molecule has 260 valence electrons. The Morgan fingerprint density at radius 2 is 0.811 bits per heavy atom. The molecule has 0 aliphatic carbocycles. The number of esters is 4. The Balaban J connectivity index is 1.66. The van der Waals surface area contributed by atoms with Gasteiger partial charge in [0, 0.05) is 30.2 Å². The van der Waals surface area contributed by atoms with Crippen LogP contribution >= 0.6 is 0 Å². The van der Waals surface area contributed by atoms with Gasteiger partial charge in [0.2, 0.25) is 0 Å². The molecule has 0 saturated carbocycles. The van der Waals surface area contributed by atoms with Crippen LogP contribution in [-0.2, 0) is 19.2 Å². The minimum absolute atomic E-state index is 0.215. The zero-order valence-corrected chi connectivity index (χ0v) is 28.5. The molecule has 6 aromatic carbocycles. The summed E-state index contributed by atoms with van der Waals surface area (Å²) in [6.45, 7) is 14.0. The predicted molar refractivity (Wildman–Crippen MR) is 204 cm³/mol. The van der Waals surface area contributed by atoms with Gasteiger partial charge in [0.05, 0.1) is 0 Å². The third kappa shape index (κ3) is 8.03. The molecule has 0 fully saturated rings. The minimum Gasteiger partial charge on any atom is -0.423 e. The summed E-state index contributed by atoms with van der Waals surface area (Å²) in [5.74, 6) is -2.24. The molecule has 0 aliphatic rings. The summed E-state index contributed by atoms with van der Waals surface area (Å²) < 4.78 is 22.2. The van der Waals surface area contributed by atoms with Gasteiger partial charge in [-0.05, 0) is 97.9 Å². The van der Waals surface area contributed by atoms with E-state index in [1.54, 1.807) is 48.5 Å². The molecule has 0 heterocycles. The maximum Gasteiger partial charge on any atom is 0.335 e. The predicted octanol–water partition coefficient (Wildman–Crippen LogP) is 9.21. The second kappa shape index (κ2) is 15.7. The third-order valence-corrected chi connectivity index (χ3v) is 8.37. The van der Waals surface area contributed by atoms with Crippen LogP contribution < -0.4 is 18.9 Å². The Labute approximate surface area is 305 Å². The fourth-order valence-corrected chi connectivity index (χ4v) is 6.08. The quantitative estimate of drug-likeness (QED) is 0.0539. The molecule has 6 rings (SSSR count). The Bertz CT molecular complexity index is 2300. The molecule has 0 atom stereocenters. The van der Waals surface area contributed by atoms with Crippen LogP contribution in [0.4, 0.5) is 0 Å². The van der Waals surface area contributed by atoms with Crippen LogP contribution in [0.25, 0.3) is 32.7 Å². The average Bonchev–Trinajstić information content (AvgIpc) is 3.18. The van der Waals surface area contributed by atoms with E-state index in [0.717, 1.165) is 51.8 Å². The molecule has 0 spiro atoms. The van der Waals surface area contributed by atoms with E-state index in [-0.39, 0.29) is 23.0 Å². The normalized spacial score (nSPS) is 10.7. The molecule has 0 radical (unpaired) electrons. The van der Waals surface area contributed by atoms with Crippen molar-refractivity contribution in [3.8, 4) is 34.1 Å². The summed E-state index contributed by atoms with van der Waals surface area (Å²) in [6, 6.07) is 35.2. The van der Waals surface area contributed by atoms with Crippen LogP contribution in [0.2, 0.25) is 0 Å². The van der Waals surface area contributed by atoms with E-state index in [4.69, 9.17) is 18.9 Å². The number of hydrogen-bond acceptors (Lipinski definition) is 8. The second-order valence-electron chi connectivity index (χ2n) is 11.7. The second-order valence-corrected chi connectivity index (χ2v) is 11.7. The van der Waals surface area contributed by atoms with Crippen molar-refractivity contribution < 1.29 is 38.1 Å². The summed E-state index contributed by atoms with van der Waals surface area (Å²) in [7, 11) is 0. The maximum atomic E-state index is 12.5. The lowest BCUT2D eigenvalue weighted by Gasteiger charge is -2.24. The van der Waals surface area contributed by atoms with Gasteiger partial charge in [-0.25, -0.2) is 19.2 Å². The topological polar surface area (TPSA) is 105 Å². The zero-order chi connectivity index (χ0) is 37.5. The van der Waals surface area contributed by atoms with Crippen molar-refractivity contribution in [2.45, 2.75) is 5.92 Å². The summed E-state index contributed by atoms with van der Waals surface area (Å²) in [4.78, 5) is 49.3. The maximum absolute atomic E-state index is 12.5. The number of ether oxygens (including phenoxy) is 4. The first-order valence-electron chi connectivity index (χ1n) is 16.4. The van der Waals surface area contributed by atoms with Crippen molar-refractivity contribution in [3.63, 3.8) is 0 Å². The first-order valence-corrected chi connectivity index (χ1v) is 16.4. The van der Waals surface area contributed by atoms with Crippen LogP contribution in [0.5, 0.6) is 23.0 Å². The van der Waals surface area contributed by atoms with E-state index < -0.39 is 29.8 Å². The Hall–Kier alpha value is -7.32. The highest BCUT2D eigenvalue weighted by molar-refractivity contribution is 5.96. The third-order valence-electron chi connectivity index (χ3n) is 8.37. The van der Waals surface area contributed by atoms with Gasteiger partial charge in [0.25, 0.3) is 0 Å². The van der Waals surface area contributed by atoms with Crippen molar-refractivity contribution >= 4 is 45.4 Å². The van der Waals surface area contributed by atoms with Crippen molar-refractivity contribution in [1.29, 1.82) is 0 Å². The van der Waals surface area contributed by atoms with Crippen LogP contribution in [-0.4, -0.2) is 23.9 Å². The Morgan fingerprint density at radius 3 is 1.23 bits per heavy atom. The zero-order valence-electron chi connectivity index (χ0n) is 28.5. The lowest BCUT2D eigenvalue weighted by atomic mass is 9.80. The summed E-state index contributed by atoms with van der Waals surface area (Å²) in [5, 5.41) is 2.70. The molecule has 0 amide bonds. The first kappa shape index (κ1) is 35.5. The van der Waals surface area contributed by atoms with Gasteiger partial charge in [-0.15, -0.1) is 0 Å². The SMILES string of the molecule is C=CC(=O)Oc1ccc2c(C(c3ccc(-c4ccccc4)cc3)c3cc(OC(=O)C=C)cc4cc(OC(=O)C=C)ccc34)cc(OC(=O)C=C)cc2c1. The lowest BCUT2D eigenvalue weighted by molar-refractivity contribution is -0.129. The van der Waals surface area contributed by atoms with Gasteiger partial charge < -0.3 is 18.9 Å². The molecule has 0 unspecified atom stereocenters. The standard InChI is InChI=1S/C45H32O8/c1-5-41(46)50-33-18-20-37-31(22-33)24-35(52-43(48)7-3)26-39(37)45(30-16-14-29(15-17-30)28-12-10-9-11-13-28)40-27-36(53-44(49)8-4)25-32-23-34(19-21-38(32)40)51-42(47)6-2/h5-27,45H,1-4H2. The minimum atomic E-state index is -0.668. The number of carbonyl (C=O) groups is 4. The van der Waals surface area contributed by atoms with Crippen LogP contribution in [0.15, 0.2) is 166 Å². The van der Waals surface area contributed by atoms with E-state index >= 15 is 0 Å². The lowest BCUT2D eigenvalue weighted by Crippen LogP contribution is -2.10. The highest BCUT2D eigenvalue weighted by Crippen LogP contribution is 2.44. The molecule has 0 N–H and O–H groups in total. The van der Waals surface area contributed by atoms with Gasteiger partial charge in [-0.3, -0.25) is 0 Å². The van der Waals surface area contributed by atoms with Crippen molar-refractivity contribution in [2.75, 3.05) is 0 Å². The van der Waals surface area contributed by atoms with Crippen molar-refractivity contribution in [2.24, 2.45) is 0 Å². The number of rotatable bonds is 12. The molecule has 0 aromatic heterocycles. The fourth-order valence-electron chi connectivity index (χ4n) is 6.08. The molecule has 0 aliphatic heterocycles. The Morgan fingerprint density at radius 1 is 0.434 bits per heavy atom. The van der Waals surface area contributed by atoms with Crippen LogP contribution in [0, 0.1) is 0 Å². The van der Waals surface area contributed by atoms with E-state index in [2.05, 4.69) is 26.3 Å². The van der Waals surface area contributed by atoms with Crippen LogP contribution in [0.1, 0.15) is 22.6 Å². The average molecular weight is 701 g/mol. The van der Waals surface area contributed by atoms with Gasteiger partial charge in [-0.2, -0.15) is 0 Å². The molecule has 8 heteroatoms. The monoisotopic (exact) mass is 700 g/mol. The molecule has 6 aromatic rings. The van der Waals surface area contributed by atoms with E-state index in [1.807, 2.05) is 66.7 Å². The van der Waals surface area contributed by atoms with Crippen molar-refractivity contribution in [1.82, 2.24) is 0 Å². The largest absolute Gasteiger partial charge is 0.423 e. The van der Waals surface area contributed by atoms with Gasteiger partial charge in [-0.1, -0.05) is 93.0 Å². The fraction of sp³-hybridized carbons (Fsp3) is 0.0222. The van der Waals surface area contributed by atoms with Gasteiger partial charge >= 0.3 is 23.9 Å². The van der Waals surface area contributed by atoms with Gasteiger partial charge in [0.1, 0.15) is 23.0 Å². The van der Waals surface area contributed by atoms with Crippen molar-refractivity contribution in [3.05, 3.63) is 183 Å². The molecule has 0 bridgehead atoms. The summed E-state index contributed by atoms with van der Waals surface area (Å²) >= 11 is 0. The molecular weight excluding hydrogens is 668 g/mol. The number of carbonyl (C=O) groups excluding carboxylic acids is 4. The Kier molecular flexibility index (Phi) is 10.5. The summed E-state index contributed by atoms with van der Waals surface area (Å²) in [6.07, 6.45) is 4.25. The summed E-state index contributed by atoms with van der Waals surface area (Å²) in [5.41, 5.74) is 4.29.